The van der Waals surface area contributed by atoms with Gasteiger partial charge in [0.15, 0.2) is 0 Å². The number of piperidine rings is 1. The van der Waals surface area contributed by atoms with E-state index in [1.165, 1.54) is 6.42 Å². The van der Waals surface area contributed by atoms with Crippen LogP contribution in [0.4, 0.5) is 0 Å². The lowest BCUT2D eigenvalue weighted by molar-refractivity contribution is -0.157. The number of unbranched alkanes of at least 4 members (excludes halogenated alkanes) is 4. The van der Waals surface area contributed by atoms with E-state index in [9.17, 15) is 9.59 Å². The third-order valence-corrected chi connectivity index (χ3v) is 4.47. The van der Waals surface area contributed by atoms with Gasteiger partial charge in [0.2, 0.25) is 0 Å². The summed E-state index contributed by atoms with van der Waals surface area (Å²) in [6.07, 6.45) is 9.53. The van der Waals surface area contributed by atoms with Gasteiger partial charge in [-0.3, -0.25) is 14.5 Å². The molecule has 0 N–H and O–H groups in total. The first kappa shape index (κ1) is 24.2. The van der Waals surface area contributed by atoms with Crippen LogP contribution in [0.2, 0.25) is 0 Å². The Hall–Kier alpha value is -0.810. The fourth-order valence-electron chi connectivity index (χ4n) is 2.97. The summed E-state index contributed by atoms with van der Waals surface area (Å²) >= 11 is 0. The molecule has 1 heterocycles. The Morgan fingerprint density at radius 1 is 0.880 bits per heavy atom. The number of hydrogen-bond donors (Lipinski definition) is 0. The van der Waals surface area contributed by atoms with Crippen LogP contribution in [-0.4, -0.2) is 49.2 Å². The largest absolute Gasteiger partial charge is 1.00 e. The molecule has 0 bridgehead atoms. The highest BCUT2D eigenvalue weighted by Gasteiger charge is 2.31. The lowest BCUT2D eigenvalue weighted by Crippen LogP contribution is -3.00. The van der Waals surface area contributed by atoms with E-state index in [-0.39, 0.29) is 30.8 Å². The molecule has 0 aromatic carbocycles. The molecule has 1 rings (SSSR count). The summed E-state index contributed by atoms with van der Waals surface area (Å²) in [5.41, 5.74) is 0. The van der Waals surface area contributed by atoms with Crippen molar-refractivity contribution in [3.05, 3.63) is 0 Å². The van der Waals surface area contributed by atoms with Gasteiger partial charge in [-0.1, -0.05) is 46.0 Å². The first-order valence-electron chi connectivity index (χ1n) is 9.75. The fourth-order valence-corrected chi connectivity index (χ4v) is 2.97. The first-order chi connectivity index (χ1) is 11.7. The molecule has 148 valence electrons. The van der Waals surface area contributed by atoms with E-state index in [4.69, 9.17) is 9.47 Å². The Balaban J connectivity index is 0.00000576. The standard InChI is InChI=1S/C19H35NO4.ClH/c1-3-5-10-14-23-18(21)16-17(20-12-8-7-9-13-20)19(22)24-15-11-6-4-2;/h17H,3-16H2,1-2H3;1H/p-1. The lowest BCUT2D eigenvalue weighted by Gasteiger charge is -2.32. The Morgan fingerprint density at radius 3 is 2.00 bits per heavy atom. The molecule has 0 aromatic heterocycles. The van der Waals surface area contributed by atoms with Gasteiger partial charge in [0.05, 0.1) is 19.6 Å². The van der Waals surface area contributed by atoms with E-state index >= 15 is 0 Å². The van der Waals surface area contributed by atoms with Crippen molar-refractivity contribution in [2.75, 3.05) is 26.3 Å². The number of esters is 2. The predicted molar refractivity (Wildman–Crippen MR) is 94.8 cm³/mol. The van der Waals surface area contributed by atoms with Gasteiger partial charge >= 0.3 is 11.9 Å². The van der Waals surface area contributed by atoms with Gasteiger partial charge in [-0.15, -0.1) is 0 Å². The molecule has 0 saturated carbocycles. The van der Waals surface area contributed by atoms with Crippen molar-refractivity contribution < 1.29 is 31.5 Å². The maximum absolute atomic E-state index is 12.4. The zero-order valence-electron chi connectivity index (χ0n) is 15.9. The number of carbonyl (C=O) groups is 2. The maximum Gasteiger partial charge on any atom is 0.323 e. The topological polar surface area (TPSA) is 55.8 Å². The molecule has 0 amide bonds. The van der Waals surface area contributed by atoms with Crippen LogP contribution in [0.3, 0.4) is 0 Å². The van der Waals surface area contributed by atoms with Crippen LogP contribution < -0.4 is 12.4 Å². The van der Waals surface area contributed by atoms with Crippen molar-refractivity contribution in [3.63, 3.8) is 0 Å². The second kappa shape index (κ2) is 15.4. The van der Waals surface area contributed by atoms with Gasteiger partial charge in [-0.2, -0.15) is 0 Å². The molecule has 1 fully saturated rings. The van der Waals surface area contributed by atoms with Crippen molar-refractivity contribution >= 4 is 11.9 Å². The molecule has 1 atom stereocenters. The number of halogens is 1. The van der Waals surface area contributed by atoms with Gasteiger partial charge in [-0.25, -0.2) is 0 Å². The molecule has 1 aliphatic rings. The van der Waals surface area contributed by atoms with E-state index in [2.05, 4.69) is 18.7 Å². The number of ether oxygens (including phenoxy) is 2. The van der Waals surface area contributed by atoms with Crippen LogP contribution >= 0.6 is 0 Å². The summed E-state index contributed by atoms with van der Waals surface area (Å²) in [7, 11) is 0. The fraction of sp³-hybridized carbons (Fsp3) is 0.895. The SMILES string of the molecule is CCCCCOC(=O)CC(C(=O)OCCCCC)N1CCCCC1.[Cl-]. The Labute approximate surface area is 159 Å². The summed E-state index contributed by atoms with van der Waals surface area (Å²) in [4.78, 5) is 26.6. The second-order valence-electron chi connectivity index (χ2n) is 6.62. The van der Waals surface area contributed by atoms with Crippen molar-refractivity contribution in [2.45, 2.75) is 84.1 Å². The normalized spacial score (nSPS) is 15.9. The quantitative estimate of drug-likeness (QED) is 0.371. The molecule has 1 saturated heterocycles. The monoisotopic (exact) mass is 376 g/mol. The number of rotatable bonds is 12. The molecule has 1 aliphatic heterocycles. The van der Waals surface area contributed by atoms with E-state index in [0.29, 0.717) is 13.2 Å². The van der Waals surface area contributed by atoms with Crippen LogP contribution in [-0.2, 0) is 19.1 Å². The van der Waals surface area contributed by atoms with E-state index in [0.717, 1.165) is 64.5 Å². The highest BCUT2D eigenvalue weighted by Crippen LogP contribution is 2.16. The molecule has 0 spiro atoms. The van der Waals surface area contributed by atoms with Crippen LogP contribution in [0.25, 0.3) is 0 Å². The summed E-state index contributed by atoms with van der Waals surface area (Å²) in [5.74, 6) is -0.550. The van der Waals surface area contributed by atoms with Gasteiger partial charge in [0.1, 0.15) is 6.04 Å². The van der Waals surface area contributed by atoms with Gasteiger partial charge in [-0.05, 0) is 38.8 Å². The van der Waals surface area contributed by atoms with E-state index < -0.39 is 6.04 Å². The lowest BCUT2D eigenvalue weighted by atomic mass is 10.1. The van der Waals surface area contributed by atoms with Crippen LogP contribution in [0.5, 0.6) is 0 Å². The average molecular weight is 377 g/mol. The molecule has 0 radical (unpaired) electrons. The highest BCUT2D eigenvalue weighted by atomic mass is 35.5. The number of likely N-dealkylation sites (tertiary alicyclic amines) is 1. The molecule has 0 aliphatic carbocycles. The third kappa shape index (κ3) is 10.7. The van der Waals surface area contributed by atoms with Crippen LogP contribution in [0, 0.1) is 0 Å². The Bertz CT molecular complexity index is 359. The van der Waals surface area contributed by atoms with Crippen molar-refractivity contribution in [2.24, 2.45) is 0 Å². The smallest absolute Gasteiger partial charge is 0.323 e. The first-order valence-corrected chi connectivity index (χ1v) is 9.75. The molecule has 1 unspecified atom stereocenters. The molecular formula is C19H35ClNO4-. The van der Waals surface area contributed by atoms with Gasteiger partial charge < -0.3 is 21.9 Å². The summed E-state index contributed by atoms with van der Waals surface area (Å²) in [6, 6.07) is -0.481. The minimum absolute atomic E-state index is 0. The Kier molecular flexibility index (Phi) is 14.9. The zero-order chi connectivity index (χ0) is 17.6. The van der Waals surface area contributed by atoms with E-state index in [1.807, 2.05) is 0 Å². The number of carbonyl (C=O) groups excluding carboxylic acids is 2. The van der Waals surface area contributed by atoms with Gasteiger partial charge in [0.25, 0.3) is 0 Å². The summed E-state index contributed by atoms with van der Waals surface area (Å²) in [6.45, 7) is 6.85. The second-order valence-corrected chi connectivity index (χ2v) is 6.62. The summed E-state index contributed by atoms with van der Waals surface area (Å²) < 4.78 is 10.7. The van der Waals surface area contributed by atoms with Crippen LogP contribution in [0.15, 0.2) is 0 Å². The van der Waals surface area contributed by atoms with Crippen molar-refractivity contribution in [1.29, 1.82) is 0 Å². The summed E-state index contributed by atoms with van der Waals surface area (Å²) in [5, 5.41) is 0. The van der Waals surface area contributed by atoms with Crippen LogP contribution in [0.1, 0.15) is 78.1 Å². The zero-order valence-corrected chi connectivity index (χ0v) is 16.7. The Morgan fingerprint density at radius 2 is 1.44 bits per heavy atom. The minimum atomic E-state index is -0.481. The molecule has 6 heteroatoms. The highest BCUT2D eigenvalue weighted by molar-refractivity contribution is 5.82. The number of hydrogen-bond acceptors (Lipinski definition) is 5. The number of nitrogens with zero attached hydrogens (tertiary/aromatic N) is 1. The average Bonchev–Trinajstić information content (AvgIpc) is 2.61. The van der Waals surface area contributed by atoms with Crippen molar-refractivity contribution in [3.8, 4) is 0 Å². The van der Waals surface area contributed by atoms with Gasteiger partial charge in [0, 0.05) is 0 Å². The molecule has 25 heavy (non-hydrogen) atoms. The maximum atomic E-state index is 12.4. The van der Waals surface area contributed by atoms with Crippen molar-refractivity contribution in [1.82, 2.24) is 4.90 Å². The van der Waals surface area contributed by atoms with E-state index in [1.54, 1.807) is 0 Å². The molecule has 0 aromatic rings. The molecule has 5 nitrogen and oxygen atoms in total. The molecular weight excluding hydrogens is 342 g/mol. The minimum Gasteiger partial charge on any atom is -1.00 e. The third-order valence-electron chi connectivity index (χ3n) is 4.47. The predicted octanol–water partition coefficient (Wildman–Crippen LogP) is 0.702.